The van der Waals surface area contributed by atoms with E-state index in [0.29, 0.717) is 10.9 Å². The Balaban J connectivity index is 1.93. The lowest BCUT2D eigenvalue weighted by Crippen LogP contribution is -1.96. The highest BCUT2D eigenvalue weighted by Crippen LogP contribution is 2.15. The highest BCUT2D eigenvalue weighted by Gasteiger charge is 2.00. The fraction of sp³-hybridized carbons (Fsp3) is 0.125. The van der Waals surface area contributed by atoms with Gasteiger partial charge in [-0.3, -0.25) is 0 Å². The number of aliphatic imine (C=N–C) groups is 1. The van der Waals surface area contributed by atoms with Crippen molar-refractivity contribution in [2.45, 2.75) is 5.75 Å². The minimum absolute atomic E-state index is 0.251. The molecule has 0 saturated heterocycles. The molecule has 2 N–H and O–H groups in total. The number of halogens is 1. The van der Waals surface area contributed by atoms with Crippen molar-refractivity contribution < 1.29 is 9.13 Å². The van der Waals surface area contributed by atoms with Crippen LogP contribution in [0.2, 0.25) is 0 Å². The Morgan fingerprint density at radius 3 is 2.45 bits per heavy atom. The van der Waals surface area contributed by atoms with Crippen molar-refractivity contribution in [1.82, 2.24) is 0 Å². The van der Waals surface area contributed by atoms with Gasteiger partial charge in [-0.15, -0.1) is 0 Å². The molecule has 0 amide bonds. The maximum atomic E-state index is 12.8. The van der Waals surface area contributed by atoms with Crippen LogP contribution in [0.3, 0.4) is 0 Å². The molecule has 4 nitrogen and oxygen atoms in total. The first-order chi connectivity index (χ1) is 10.7. The van der Waals surface area contributed by atoms with E-state index in [1.165, 1.54) is 23.9 Å². The first-order valence-electron chi connectivity index (χ1n) is 6.54. The summed E-state index contributed by atoms with van der Waals surface area (Å²) in [6.07, 6.45) is 1.68. The summed E-state index contributed by atoms with van der Waals surface area (Å²) >= 11 is 1.39. The molecule has 2 aromatic carbocycles. The molecule has 6 heteroatoms. The Hall–Kier alpha value is -2.34. The Morgan fingerprint density at radius 1 is 1.18 bits per heavy atom. The molecule has 0 aliphatic heterocycles. The number of rotatable bonds is 4. The molecule has 0 fully saturated rings. The molecule has 2 rings (SSSR count). The molecule has 0 unspecified atom stereocenters. The van der Waals surface area contributed by atoms with Crippen molar-refractivity contribution in [3.05, 3.63) is 65.5 Å². The molecular weight excluding hydrogens is 301 g/mol. The first-order valence-corrected chi connectivity index (χ1v) is 7.53. The molecular formula is C16H16FN3OS. The zero-order valence-electron chi connectivity index (χ0n) is 12.1. The highest BCUT2D eigenvalue weighted by atomic mass is 32.2. The van der Waals surface area contributed by atoms with Crippen LogP contribution in [0.5, 0.6) is 5.75 Å². The summed E-state index contributed by atoms with van der Waals surface area (Å²) in [5, 5.41) is 4.11. The average molecular weight is 317 g/mol. The standard InChI is InChI=1S/C16H16FN3OS/c1-21-15-8-4-12(5-9-15)10-19-16(20-18)22-11-13-2-6-14(17)7-3-13/h2-10H,11,18H2,1H3/b19-10+,20-16-. The van der Waals surface area contributed by atoms with Crippen LogP contribution >= 0.6 is 11.8 Å². The van der Waals surface area contributed by atoms with Gasteiger partial charge in [0.1, 0.15) is 11.6 Å². The van der Waals surface area contributed by atoms with Crippen molar-refractivity contribution in [2.24, 2.45) is 15.9 Å². The molecule has 0 aliphatic carbocycles. The Bertz CT molecular complexity index is 654. The Morgan fingerprint density at radius 2 is 1.86 bits per heavy atom. The van der Waals surface area contributed by atoms with Crippen LogP contribution in [-0.2, 0) is 5.75 Å². The van der Waals surface area contributed by atoms with Crippen LogP contribution in [-0.4, -0.2) is 18.5 Å². The van der Waals surface area contributed by atoms with Crippen LogP contribution < -0.4 is 10.6 Å². The van der Waals surface area contributed by atoms with Gasteiger partial charge in [0, 0.05) is 12.0 Å². The Labute approximate surface area is 132 Å². The lowest BCUT2D eigenvalue weighted by atomic mass is 10.2. The van der Waals surface area contributed by atoms with Gasteiger partial charge < -0.3 is 10.6 Å². The smallest absolute Gasteiger partial charge is 0.206 e. The van der Waals surface area contributed by atoms with Gasteiger partial charge in [-0.05, 0) is 47.5 Å². The molecule has 0 bridgehead atoms. The largest absolute Gasteiger partial charge is 0.497 e. The molecule has 0 radical (unpaired) electrons. The molecule has 0 aromatic heterocycles. The van der Waals surface area contributed by atoms with E-state index >= 15 is 0 Å². The van der Waals surface area contributed by atoms with E-state index in [1.807, 2.05) is 24.3 Å². The normalized spacial score (nSPS) is 11.8. The second-order valence-electron chi connectivity index (χ2n) is 4.36. The quantitative estimate of drug-likeness (QED) is 0.407. The third-order valence-electron chi connectivity index (χ3n) is 2.83. The average Bonchev–Trinajstić information content (AvgIpc) is 2.57. The number of hydrogen-bond donors (Lipinski definition) is 1. The maximum absolute atomic E-state index is 12.8. The van der Waals surface area contributed by atoms with Crippen LogP contribution in [0.25, 0.3) is 0 Å². The number of nitrogens with zero attached hydrogens (tertiary/aromatic N) is 2. The Kier molecular flexibility index (Phi) is 5.97. The topological polar surface area (TPSA) is 60.0 Å². The monoisotopic (exact) mass is 317 g/mol. The SMILES string of the molecule is COc1ccc(/C=N/C(=N/N)SCc2ccc(F)cc2)cc1. The number of methoxy groups -OCH3 is 1. The first kappa shape index (κ1) is 16.0. The molecule has 2 aromatic rings. The molecule has 114 valence electrons. The zero-order chi connectivity index (χ0) is 15.8. The number of hydrazone groups is 1. The number of thioether (sulfide) groups is 1. The van der Waals surface area contributed by atoms with Gasteiger partial charge in [-0.25, -0.2) is 9.38 Å². The highest BCUT2D eigenvalue weighted by molar-refractivity contribution is 8.13. The van der Waals surface area contributed by atoms with Gasteiger partial charge >= 0.3 is 0 Å². The summed E-state index contributed by atoms with van der Waals surface area (Å²) in [4.78, 5) is 4.25. The number of benzene rings is 2. The van der Waals surface area contributed by atoms with Gasteiger partial charge in [0.05, 0.1) is 7.11 Å². The van der Waals surface area contributed by atoms with Crippen LogP contribution in [0.4, 0.5) is 4.39 Å². The molecule has 0 atom stereocenters. The van der Waals surface area contributed by atoms with E-state index in [1.54, 1.807) is 25.5 Å². The lowest BCUT2D eigenvalue weighted by molar-refractivity contribution is 0.415. The van der Waals surface area contributed by atoms with E-state index in [-0.39, 0.29) is 5.82 Å². The summed E-state index contributed by atoms with van der Waals surface area (Å²) in [5.74, 6) is 6.50. The minimum Gasteiger partial charge on any atom is -0.497 e. The summed E-state index contributed by atoms with van der Waals surface area (Å²) in [6.45, 7) is 0. The van der Waals surface area contributed by atoms with Crippen LogP contribution in [0.15, 0.2) is 58.6 Å². The van der Waals surface area contributed by atoms with E-state index in [9.17, 15) is 4.39 Å². The second kappa shape index (κ2) is 8.19. The van der Waals surface area contributed by atoms with Crippen LogP contribution in [0, 0.1) is 5.82 Å². The van der Waals surface area contributed by atoms with E-state index in [2.05, 4.69) is 10.1 Å². The van der Waals surface area contributed by atoms with Crippen molar-refractivity contribution >= 4 is 23.1 Å². The molecule has 0 spiro atoms. The third-order valence-corrected chi connectivity index (χ3v) is 3.78. The zero-order valence-corrected chi connectivity index (χ0v) is 12.9. The summed E-state index contributed by atoms with van der Waals surface area (Å²) < 4.78 is 17.9. The van der Waals surface area contributed by atoms with Gasteiger partial charge in [-0.1, -0.05) is 23.9 Å². The molecule has 22 heavy (non-hydrogen) atoms. The van der Waals surface area contributed by atoms with Crippen molar-refractivity contribution in [3.8, 4) is 5.75 Å². The predicted molar refractivity (Wildman–Crippen MR) is 89.9 cm³/mol. The second-order valence-corrected chi connectivity index (χ2v) is 5.30. The summed E-state index contributed by atoms with van der Waals surface area (Å²) in [5.41, 5.74) is 1.90. The van der Waals surface area contributed by atoms with E-state index in [4.69, 9.17) is 10.6 Å². The number of ether oxygens (including phenoxy) is 1. The number of amidine groups is 1. The minimum atomic E-state index is -0.251. The third kappa shape index (κ3) is 4.89. The van der Waals surface area contributed by atoms with Crippen molar-refractivity contribution in [2.75, 3.05) is 7.11 Å². The number of nitrogens with two attached hydrogens (primary N) is 1. The van der Waals surface area contributed by atoms with Gasteiger partial charge in [-0.2, -0.15) is 5.10 Å². The van der Waals surface area contributed by atoms with Crippen LogP contribution in [0.1, 0.15) is 11.1 Å². The number of hydrogen-bond acceptors (Lipinski definition) is 4. The summed E-state index contributed by atoms with van der Waals surface area (Å²) in [6, 6.07) is 13.8. The van der Waals surface area contributed by atoms with Crippen molar-refractivity contribution in [3.63, 3.8) is 0 Å². The predicted octanol–water partition coefficient (Wildman–Crippen LogP) is 3.42. The van der Waals surface area contributed by atoms with Crippen molar-refractivity contribution in [1.29, 1.82) is 0 Å². The van der Waals surface area contributed by atoms with Gasteiger partial charge in [0.15, 0.2) is 0 Å². The summed E-state index contributed by atoms with van der Waals surface area (Å²) in [7, 11) is 1.62. The fourth-order valence-electron chi connectivity index (χ4n) is 1.66. The maximum Gasteiger partial charge on any atom is 0.206 e. The van der Waals surface area contributed by atoms with Gasteiger partial charge in [0.25, 0.3) is 0 Å². The molecule has 0 heterocycles. The fourth-order valence-corrected chi connectivity index (χ4v) is 2.35. The molecule has 0 aliphatic rings. The molecule has 0 saturated carbocycles. The van der Waals surface area contributed by atoms with E-state index in [0.717, 1.165) is 16.9 Å². The lowest BCUT2D eigenvalue weighted by Gasteiger charge is -2.01. The van der Waals surface area contributed by atoms with E-state index < -0.39 is 0 Å². The van der Waals surface area contributed by atoms with Gasteiger partial charge in [0.2, 0.25) is 5.17 Å².